The highest BCUT2D eigenvalue weighted by molar-refractivity contribution is 5.99. The second kappa shape index (κ2) is 20.3. The van der Waals surface area contributed by atoms with E-state index in [1.54, 1.807) is 37.3 Å². The second-order valence-corrected chi connectivity index (χ2v) is 11.3. The van der Waals surface area contributed by atoms with Crippen LogP contribution in [0, 0.1) is 16.0 Å². The van der Waals surface area contributed by atoms with Crippen LogP contribution in [0.15, 0.2) is 59.6 Å². The SMILES string of the molecule is CC[C@H](C)[C@H](NC(=O)c1ccccc1)C(=O)N[C@H](CCC(=O)O)C(=O)NCC(=O)N[C@@H](CCCN=C(N)N)C(=O)Nc1ccc([N+](=O)[O-])cc1. The van der Waals surface area contributed by atoms with Crippen LogP contribution in [0.25, 0.3) is 0 Å². The summed E-state index contributed by atoms with van der Waals surface area (Å²) in [4.78, 5) is 90.8. The number of non-ortho nitro benzene ring substituents is 1. The molecular formula is C32H43N9O9. The minimum absolute atomic E-state index is 0.0677. The van der Waals surface area contributed by atoms with Crippen LogP contribution in [0.5, 0.6) is 0 Å². The number of amides is 5. The number of nitrogens with one attached hydrogen (secondary N) is 5. The summed E-state index contributed by atoms with van der Waals surface area (Å²) in [6.45, 7) is 3.04. The standard InChI is InChI=1S/C32H43N9O9/c1-3-19(2)27(40-28(45)20-8-5-4-6-9-20)31(48)39-24(15-16-26(43)44)29(46)36-18-25(42)38-23(10-7-17-35-32(33)34)30(47)37-21-11-13-22(14-12-21)41(49)50/h4-6,8-9,11-14,19,23-24,27H,3,7,10,15-18H2,1-2H3,(H,36,46)(H,37,47)(H,38,42)(H,39,48)(H,40,45)(H,43,44)(H4,33,34,35)/t19-,23-,24+,27-/m0/s1. The first-order valence-corrected chi connectivity index (χ1v) is 15.8. The highest BCUT2D eigenvalue weighted by Gasteiger charge is 2.31. The van der Waals surface area contributed by atoms with Crippen LogP contribution in [0.1, 0.15) is 56.3 Å². The summed E-state index contributed by atoms with van der Waals surface area (Å²) in [5, 5.41) is 32.8. The number of rotatable bonds is 20. The molecule has 5 amide bonds. The summed E-state index contributed by atoms with van der Waals surface area (Å²) >= 11 is 0. The van der Waals surface area contributed by atoms with Crippen LogP contribution in [-0.2, 0) is 24.0 Å². The Hall–Kier alpha value is -6.07. The lowest BCUT2D eigenvalue weighted by Gasteiger charge is -2.26. The number of nitrogens with two attached hydrogens (primary N) is 2. The van der Waals surface area contributed by atoms with Crippen LogP contribution >= 0.6 is 0 Å². The van der Waals surface area contributed by atoms with Crippen LogP contribution in [0.4, 0.5) is 11.4 Å². The Bertz CT molecular complexity index is 1530. The molecule has 0 radical (unpaired) electrons. The van der Waals surface area contributed by atoms with Crippen molar-refractivity contribution in [2.24, 2.45) is 22.4 Å². The average Bonchev–Trinajstić information content (AvgIpc) is 3.08. The topological polar surface area (TPSA) is 290 Å². The maximum absolute atomic E-state index is 13.4. The first-order valence-electron chi connectivity index (χ1n) is 15.8. The Morgan fingerprint density at radius 1 is 0.880 bits per heavy atom. The maximum atomic E-state index is 13.4. The molecule has 0 spiro atoms. The predicted molar refractivity (Wildman–Crippen MR) is 183 cm³/mol. The van der Waals surface area contributed by atoms with Crippen molar-refractivity contribution in [2.45, 2.75) is 64.1 Å². The number of nitro groups is 1. The Kier molecular flexibility index (Phi) is 16.3. The molecule has 0 aliphatic rings. The Morgan fingerprint density at radius 3 is 2.10 bits per heavy atom. The van der Waals surface area contributed by atoms with Crippen molar-refractivity contribution in [3.63, 3.8) is 0 Å². The van der Waals surface area contributed by atoms with Crippen molar-refractivity contribution in [3.05, 3.63) is 70.3 Å². The lowest BCUT2D eigenvalue weighted by molar-refractivity contribution is -0.384. The summed E-state index contributed by atoms with van der Waals surface area (Å²) in [6, 6.07) is 9.63. The van der Waals surface area contributed by atoms with Crippen LogP contribution in [0.3, 0.4) is 0 Å². The van der Waals surface area contributed by atoms with E-state index in [1.165, 1.54) is 24.3 Å². The van der Waals surface area contributed by atoms with Gasteiger partial charge in [0.1, 0.15) is 18.1 Å². The summed E-state index contributed by atoms with van der Waals surface area (Å²) in [6.07, 6.45) is 0.0158. The zero-order chi connectivity index (χ0) is 37.2. The molecule has 0 aromatic heterocycles. The number of aliphatic imine (C=N–C) groups is 1. The van der Waals surface area contributed by atoms with E-state index in [2.05, 4.69) is 31.6 Å². The van der Waals surface area contributed by atoms with Crippen molar-refractivity contribution in [3.8, 4) is 0 Å². The van der Waals surface area contributed by atoms with Crippen molar-refractivity contribution >= 4 is 52.8 Å². The lowest BCUT2D eigenvalue weighted by atomic mass is 9.97. The highest BCUT2D eigenvalue weighted by atomic mass is 16.6. The monoisotopic (exact) mass is 697 g/mol. The Labute approximate surface area is 288 Å². The number of guanidine groups is 1. The molecule has 0 saturated carbocycles. The van der Waals surface area contributed by atoms with Crippen LogP contribution in [0.2, 0.25) is 0 Å². The van der Waals surface area contributed by atoms with Crippen molar-refractivity contribution in [1.82, 2.24) is 21.3 Å². The van der Waals surface area contributed by atoms with Crippen molar-refractivity contribution in [1.29, 1.82) is 0 Å². The number of nitro benzene ring substituents is 1. The van der Waals surface area contributed by atoms with Gasteiger partial charge in [-0.1, -0.05) is 38.5 Å². The molecule has 0 heterocycles. The summed E-state index contributed by atoms with van der Waals surface area (Å²) in [5.74, 6) is -5.31. The largest absolute Gasteiger partial charge is 0.481 e. The molecule has 50 heavy (non-hydrogen) atoms. The molecule has 0 fully saturated rings. The molecule has 0 saturated heterocycles. The van der Waals surface area contributed by atoms with Gasteiger partial charge in [-0.25, -0.2) is 0 Å². The fourth-order valence-corrected chi connectivity index (χ4v) is 4.52. The molecule has 0 bridgehead atoms. The minimum atomic E-state index is -1.38. The number of carboxylic acids is 1. The third-order valence-corrected chi connectivity index (χ3v) is 7.46. The fourth-order valence-electron chi connectivity index (χ4n) is 4.52. The van der Waals surface area contributed by atoms with Gasteiger partial charge < -0.3 is 43.2 Å². The number of carbonyl (C=O) groups is 6. The number of aliphatic carboxylic acids is 1. The van der Waals surface area contributed by atoms with Gasteiger partial charge in [-0.2, -0.15) is 0 Å². The summed E-state index contributed by atoms with van der Waals surface area (Å²) in [7, 11) is 0. The molecule has 18 nitrogen and oxygen atoms in total. The minimum Gasteiger partial charge on any atom is -0.481 e. The molecular weight excluding hydrogens is 654 g/mol. The van der Waals surface area contributed by atoms with Gasteiger partial charge in [0.15, 0.2) is 5.96 Å². The van der Waals surface area contributed by atoms with E-state index < -0.39 is 71.5 Å². The van der Waals surface area contributed by atoms with Gasteiger partial charge in [0, 0.05) is 36.3 Å². The molecule has 2 aromatic rings. The number of anilines is 1. The van der Waals surface area contributed by atoms with E-state index in [0.29, 0.717) is 12.0 Å². The zero-order valence-electron chi connectivity index (χ0n) is 27.7. The fraction of sp³-hybridized carbons (Fsp3) is 0.406. The second-order valence-electron chi connectivity index (χ2n) is 11.3. The van der Waals surface area contributed by atoms with Crippen LogP contribution < -0.4 is 38.1 Å². The number of hydrogen-bond acceptors (Lipinski definition) is 9. The van der Waals surface area contributed by atoms with Gasteiger partial charge in [-0.05, 0) is 49.4 Å². The van der Waals surface area contributed by atoms with Crippen LogP contribution in [-0.4, -0.2) is 82.7 Å². The molecule has 0 unspecified atom stereocenters. The predicted octanol–water partition coefficient (Wildman–Crippen LogP) is 0.382. The molecule has 0 aliphatic carbocycles. The molecule has 4 atom stereocenters. The third kappa shape index (κ3) is 14.0. The molecule has 10 N–H and O–H groups in total. The van der Waals surface area contributed by atoms with Gasteiger partial charge >= 0.3 is 5.97 Å². The first kappa shape index (κ1) is 40.1. The van der Waals surface area contributed by atoms with Gasteiger partial charge in [-0.3, -0.25) is 43.9 Å². The number of benzene rings is 2. The first-order chi connectivity index (χ1) is 23.7. The molecule has 270 valence electrons. The summed E-state index contributed by atoms with van der Waals surface area (Å²) < 4.78 is 0. The maximum Gasteiger partial charge on any atom is 0.303 e. The number of carbonyl (C=O) groups excluding carboxylic acids is 5. The normalized spacial score (nSPS) is 12.9. The molecule has 0 aliphatic heterocycles. The quantitative estimate of drug-likeness (QED) is 0.0308. The number of hydrogen-bond donors (Lipinski definition) is 8. The van der Waals surface area contributed by atoms with E-state index in [4.69, 9.17) is 11.5 Å². The van der Waals surface area contributed by atoms with E-state index in [-0.39, 0.29) is 49.1 Å². The van der Waals surface area contributed by atoms with Gasteiger partial charge in [0.05, 0.1) is 11.5 Å². The van der Waals surface area contributed by atoms with E-state index >= 15 is 0 Å². The molecule has 2 rings (SSSR count). The average molecular weight is 698 g/mol. The zero-order valence-corrected chi connectivity index (χ0v) is 27.7. The number of nitrogens with zero attached hydrogens (tertiary/aromatic N) is 2. The molecule has 2 aromatic carbocycles. The third-order valence-electron chi connectivity index (χ3n) is 7.46. The van der Waals surface area contributed by atoms with Gasteiger partial charge in [0.2, 0.25) is 23.6 Å². The van der Waals surface area contributed by atoms with E-state index in [9.17, 15) is 44.0 Å². The Morgan fingerprint density at radius 2 is 1.52 bits per heavy atom. The summed E-state index contributed by atoms with van der Waals surface area (Å²) in [5.41, 5.74) is 11.0. The smallest absolute Gasteiger partial charge is 0.303 e. The van der Waals surface area contributed by atoms with E-state index in [0.717, 1.165) is 0 Å². The Balaban J connectivity index is 2.12. The van der Waals surface area contributed by atoms with Crippen molar-refractivity contribution < 1.29 is 38.8 Å². The van der Waals surface area contributed by atoms with Crippen molar-refractivity contribution in [2.75, 3.05) is 18.4 Å². The van der Waals surface area contributed by atoms with Gasteiger partial charge in [0.25, 0.3) is 11.6 Å². The lowest BCUT2D eigenvalue weighted by Crippen LogP contribution is -2.56. The molecule has 18 heteroatoms. The highest BCUT2D eigenvalue weighted by Crippen LogP contribution is 2.16. The number of carboxylic acid groups (broad SMARTS) is 1. The van der Waals surface area contributed by atoms with E-state index in [1.807, 2.05) is 6.92 Å². The van der Waals surface area contributed by atoms with Gasteiger partial charge in [-0.15, -0.1) is 0 Å².